The molecule has 0 spiro atoms. The van der Waals surface area contributed by atoms with Crippen LogP contribution in [-0.2, 0) is 17.2 Å². The molecule has 11 heteroatoms. The minimum Gasteiger partial charge on any atom is -0.490 e. The molecule has 0 saturated carbocycles. The van der Waals surface area contributed by atoms with Crippen LogP contribution in [0.2, 0.25) is 10.0 Å². The van der Waals surface area contributed by atoms with Gasteiger partial charge < -0.3 is 14.8 Å². The van der Waals surface area contributed by atoms with Crippen molar-refractivity contribution < 1.29 is 18.7 Å². The summed E-state index contributed by atoms with van der Waals surface area (Å²) in [6.07, 6.45) is 1.99. The number of fused-ring (bicyclic) bond motifs is 1. The van der Waals surface area contributed by atoms with Crippen LogP contribution in [0.1, 0.15) is 48.9 Å². The molecule has 0 amide bonds. The van der Waals surface area contributed by atoms with E-state index in [0.29, 0.717) is 52.0 Å². The highest BCUT2D eigenvalue weighted by molar-refractivity contribution is 7.98. The Morgan fingerprint density at radius 3 is 2.69 bits per heavy atom. The fourth-order valence-corrected chi connectivity index (χ4v) is 6.50. The Bertz CT molecular complexity index is 1670. The van der Waals surface area contributed by atoms with Gasteiger partial charge in [-0.1, -0.05) is 65.3 Å². The summed E-state index contributed by atoms with van der Waals surface area (Å²) in [4.78, 5) is 18.0. The van der Waals surface area contributed by atoms with E-state index >= 15 is 0 Å². The van der Waals surface area contributed by atoms with Gasteiger partial charge in [-0.05, 0) is 61.2 Å². The standard InChI is InChI=1S/C31H27Cl2FN4O3S/c1-2-40-27-15-18(13-14-26(27)41-16-20-22(33)9-5-10-23(20)34)29-28-24(11-6-12-25(28)39)35-30-36-31(37-38(29)30)42-17-19-7-3-4-8-21(19)32/h3-5,7-10,13-15,29H,2,6,11-12,16-17H2,1H3,(H,35,36,37). The van der Waals surface area contributed by atoms with Crippen molar-refractivity contribution in [2.75, 3.05) is 11.9 Å². The summed E-state index contributed by atoms with van der Waals surface area (Å²) < 4.78 is 28.0. The summed E-state index contributed by atoms with van der Waals surface area (Å²) >= 11 is 14.0. The summed E-state index contributed by atoms with van der Waals surface area (Å²) in [5.41, 5.74) is 3.60. The molecule has 1 unspecified atom stereocenters. The van der Waals surface area contributed by atoms with Gasteiger partial charge in [-0.25, -0.2) is 9.07 Å². The van der Waals surface area contributed by atoms with E-state index in [1.807, 2.05) is 43.3 Å². The van der Waals surface area contributed by atoms with Crippen molar-refractivity contribution in [3.63, 3.8) is 0 Å². The third-order valence-electron chi connectivity index (χ3n) is 7.18. The van der Waals surface area contributed by atoms with E-state index in [-0.39, 0.29) is 23.0 Å². The number of rotatable bonds is 9. The van der Waals surface area contributed by atoms with Gasteiger partial charge in [-0.15, -0.1) is 5.10 Å². The van der Waals surface area contributed by atoms with Crippen molar-refractivity contribution in [2.45, 2.75) is 49.7 Å². The highest BCUT2D eigenvalue weighted by Crippen LogP contribution is 2.43. The first-order chi connectivity index (χ1) is 20.4. The Hall–Kier alpha value is -3.53. The monoisotopic (exact) mass is 624 g/mol. The number of ether oxygens (including phenoxy) is 2. The second-order valence-electron chi connectivity index (χ2n) is 9.87. The van der Waals surface area contributed by atoms with Crippen LogP contribution >= 0.6 is 35.0 Å². The third kappa shape index (κ3) is 5.73. The van der Waals surface area contributed by atoms with Crippen molar-refractivity contribution >= 4 is 46.7 Å². The third-order valence-corrected chi connectivity index (χ3v) is 8.79. The van der Waals surface area contributed by atoms with E-state index in [2.05, 4.69) is 5.32 Å². The van der Waals surface area contributed by atoms with Crippen molar-refractivity contribution in [3.05, 3.63) is 104 Å². The van der Waals surface area contributed by atoms with Gasteiger partial charge in [0.2, 0.25) is 11.1 Å². The number of hydrogen-bond donors (Lipinski definition) is 1. The number of hydrogen-bond acceptors (Lipinski definition) is 7. The summed E-state index contributed by atoms with van der Waals surface area (Å²) in [6, 6.07) is 17.2. The number of nitrogens with one attached hydrogen (secondary N) is 1. The number of carbonyl (C=O) groups excluding carboxylic acids is 1. The van der Waals surface area contributed by atoms with Crippen LogP contribution in [0, 0.1) is 5.82 Å². The van der Waals surface area contributed by atoms with Gasteiger partial charge in [0.1, 0.15) is 18.5 Å². The number of anilines is 1. The Kier molecular flexibility index (Phi) is 8.42. The zero-order chi connectivity index (χ0) is 29.2. The second kappa shape index (κ2) is 12.4. The molecule has 216 valence electrons. The van der Waals surface area contributed by atoms with Gasteiger partial charge in [0.25, 0.3) is 0 Å². The van der Waals surface area contributed by atoms with Gasteiger partial charge in [0.15, 0.2) is 17.3 Å². The smallest absolute Gasteiger partial charge is 0.227 e. The number of Topliss-reactive ketones (excluding diaryl/α,β-unsaturated/α-hetero) is 1. The quantitative estimate of drug-likeness (QED) is 0.189. The average Bonchev–Trinajstić information content (AvgIpc) is 3.39. The molecule has 7 nitrogen and oxygen atoms in total. The lowest BCUT2D eigenvalue weighted by atomic mass is 9.85. The molecular formula is C31H27Cl2FN4O3S. The maximum atomic E-state index is 14.4. The molecule has 2 aliphatic rings. The molecule has 0 radical (unpaired) electrons. The van der Waals surface area contributed by atoms with Crippen LogP contribution in [-0.4, -0.2) is 27.2 Å². The van der Waals surface area contributed by atoms with Gasteiger partial charge in [-0.2, -0.15) is 4.98 Å². The molecule has 1 aliphatic carbocycles. The lowest BCUT2D eigenvalue weighted by Crippen LogP contribution is -2.31. The molecule has 3 aromatic carbocycles. The number of halogens is 3. The Morgan fingerprint density at radius 1 is 1.05 bits per heavy atom. The van der Waals surface area contributed by atoms with E-state index in [4.69, 9.17) is 42.8 Å². The number of ketones is 1. The molecule has 0 fully saturated rings. The molecule has 4 aromatic rings. The van der Waals surface area contributed by atoms with E-state index in [0.717, 1.165) is 29.7 Å². The summed E-state index contributed by atoms with van der Waals surface area (Å²) in [5, 5.41) is 9.73. The predicted octanol–water partition coefficient (Wildman–Crippen LogP) is 8.02. The van der Waals surface area contributed by atoms with Crippen molar-refractivity contribution in [1.82, 2.24) is 14.8 Å². The zero-order valence-corrected chi connectivity index (χ0v) is 25.0. The molecule has 1 N–H and O–H groups in total. The number of aromatic nitrogens is 3. The minimum atomic E-state index is -0.500. The normalized spacial score (nSPS) is 16.1. The molecule has 0 bridgehead atoms. The predicted molar refractivity (Wildman–Crippen MR) is 162 cm³/mol. The minimum absolute atomic E-state index is 0.0642. The van der Waals surface area contributed by atoms with Gasteiger partial charge in [0.05, 0.1) is 11.6 Å². The fourth-order valence-electron chi connectivity index (χ4n) is 5.17. The molecule has 1 aromatic heterocycles. The van der Waals surface area contributed by atoms with Crippen LogP contribution in [0.3, 0.4) is 0 Å². The number of carbonyl (C=O) groups is 1. The van der Waals surface area contributed by atoms with Gasteiger partial charge in [0, 0.05) is 34.0 Å². The maximum absolute atomic E-state index is 14.4. The van der Waals surface area contributed by atoms with Crippen LogP contribution in [0.4, 0.5) is 10.3 Å². The van der Waals surface area contributed by atoms with E-state index < -0.39 is 11.9 Å². The summed E-state index contributed by atoms with van der Waals surface area (Å²) in [5.74, 6) is 1.72. The molecule has 6 rings (SSSR count). The van der Waals surface area contributed by atoms with Crippen LogP contribution in [0.25, 0.3) is 0 Å². The zero-order valence-electron chi connectivity index (χ0n) is 22.7. The first kappa shape index (κ1) is 28.6. The Morgan fingerprint density at radius 2 is 1.88 bits per heavy atom. The maximum Gasteiger partial charge on any atom is 0.227 e. The summed E-state index contributed by atoms with van der Waals surface area (Å²) in [7, 11) is 0. The van der Waals surface area contributed by atoms with Crippen molar-refractivity contribution in [3.8, 4) is 11.5 Å². The second-order valence-corrected chi connectivity index (χ2v) is 11.6. The number of benzene rings is 3. The van der Waals surface area contributed by atoms with Crippen molar-refractivity contribution in [2.24, 2.45) is 0 Å². The SMILES string of the molecule is CCOc1cc(C2C3=C(CCCC3=O)Nc3nc(SCc4ccccc4Cl)nn32)ccc1OCc1c(F)cccc1Cl. The topological polar surface area (TPSA) is 78.3 Å². The largest absolute Gasteiger partial charge is 0.490 e. The lowest BCUT2D eigenvalue weighted by molar-refractivity contribution is -0.116. The van der Waals surface area contributed by atoms with E-state index in [1.165, 1.54) is 17.8 Å². The van der Waals surface area contributed by atoms with Gasteiger partial charge in [-0.3, -0.25) is 4.79 Å². The molecule has 1 aliphatic heterocycles. The first-order valence-electron chi connectivity index (χ1n) is 13.6. The number of allylic oxidation sites excluding steroid dienone is 2. The molecule has 2 heterocycles. The fraction of sp³-hybridized carbons (Fsp3) is 0.258. The Labute approximate surface area is 257 Å². The molecular weight excluding hydrogens is 598 g/mol. The van der Waals surface area contributed by atoms with Crippen LogP contribution in [0.5, 0.6) is 11.5 Å². The van der Waals surface area contributed by atoms with Crippen LogP contribution < -0.4 is 14.8 Å². The molecule has 42 heavy (non-hydrogen) atoms. The average molecular weight is 626 g/mol. The Balaban J connectivity index is 1.34. The molecule has 1 atom stereocenters. The van der Waals surface area contributed by atoms with Crippen LogP contribution in [0.15, 0.2) is 77.1 Å². The lowest BCUT2D eigenvalue weighted by Gasteiger charge is -2.32. The van der Waals surface area contributed by atoms with Crippen molar-refractivity contribution in [1.29, 1.82) is 0 Å². The highest BCUT2D eigenvalue weighted by atomic mass is 35.5. The first-order valence-corrected chi connectivity index (χ1v) is 15.4. The molecule has 0 saturated heterocycles. The van der Waals surface area contributed by atoms with E-state index in [9.17, 15) is 9.18 Å². The summed E-state index contributed by atoms with van der Waals surface area (Å²) in [6.45, 7) is 2.19. The van der Waals surface area contributed by atoms with E-state index in [1.54, 1.807) is 22.9 Å². The number of nitrogens with zero attached hydrogens (tertiary/aromatic N) is 3. The number of thioether (sulfide) groups is 1. The highest BCUT2D eigenvalue weighted by Gasteiger charge is 2.37. The van der Waals surface area contributed by atoms with Gasteiger partial charge >= 0.3 is 0 Å².